The van der Waals surface area contributed by atoms with Crippen LogP contribution in [0.1, 0.15) is 19.3 Å². The van der Waals surface area contributed by atoms with Crippen LogP contribution in [-0.2, 0) is 0 Å². The van der Waals surface area contributed by atoms with Crippen molar-refractivity contribution < 1.29 is 14.3 Å². The van der Waals surface area contributed by atoms with Crippen LogP contribution in [0.4, 0.5) is 14.9 Å². The first-order chi connectivity index (χ1) is 11.2. The van der Waals surface area contributed by atoms with Gasteiger partial charge in [0.2, 0.25) is 0 Å². The fourth-order valence-electron chi connectivity index (χ4n) is 3.46. The Morgan fingerprint density at radius 1 is 1.26 bits per heavy atom. The summed E-state index contributed by atoms with van der Waals surface area (Å²) < 4.78 is 13.4. The Kier molecular flexibility index (Phi) is 5.00. The van der Waals surface area contributed by atoms with Gasteiger partial charge in [0.05, 0.1) is 19.2 Å². The van der Waals surface area contributed by atoms with Crippen LogP contribution in [0.3, 0.4) is 0 Å². The number of benzene rings is 1. The van der Waals surface area contributed by atoms with Gasteiger partial charge in [-0.3, -0.25) is 0 Å². The van der Waals surface area contributed by atoms with Gasteiger partial charge in [-0.25, -0.2) is 9.18 Å². The Bertz CT molecular complexity index is 520. The lowest BCUT2D eigenvalue weighted by Crippen LogP contribution is -2.51. The van der Waals surface area contributed by atoms with E-state index in [2.05, 4.69) is 22.3 Å². The molecule has 3 rings (SSSR count). The molecule has 126 valence electrons. The number of nitrogens with one attached hydrogen (secondary N) is 1. The number of alkyl halides is 1. The highest BCUT2D eigenvalue weighted by Gasteiger charge is 2.35. The largest absolute Gasteiger partial charge is 0.394 e. The van der Waals surface area contributed by atoms with E-state index in [1.165, 1.54) is 10.6 Å². The van der Waals surface area contributed by atoms with E-state index in [9.17, 15) is 14.3 Å². The van der Waals surface area contributed by atoms with Crippen LogP contribution in [0.25, 0.3) is 0 Å². The minimum atomic E-state index is -1.03. The molecule has 2 fully saturated rings. The molecule has 0 saturated carbocycles. The number of urea groups is 1. The number of aliphatic hydroxyl groups excluding tert-OH is 1. The number of carbonyl (C=O) groups is 1. The third-order valence-electron chi connectivity index (χ3n) is 4.78. The number of nitrogens with zero attached hydrogens (tertiary/aromatic N) is 2. The molecule has 2 N–H and O–H groups in total. The molecule has 1 aromatic carbocycles. The Hall–Kier alpha value is -1.82. The summed E-state index contributed by atoms with van der Waals surface area (Å²) in [6.45, 7) is 1.69. The van der Waals surface area contributed by atoms with Gasteiger partial charge in [0.1, 0.15) is 6.17 Å². The van der Waals surface area contributed by atoms with E-state index in [4.69, 9.17) is 0 Å². The molecule has 2 amide bonds. The number of hydrogen-bond acceptors (Lipinski definition) is 3. The van der Waals surface area contributed by atoms with Crippen LogP contribution < -0.4 is 10.2 Å². The molecule has 0 unspecified atom stereocenters. The average molecular weight is 321 g/mol. The Morgan fingerprint density at radius 3 is 2.61 bits per heavy atom. The quantitative estimate of drug-likeness (QED) is 0.892. The summed E-state index contributed by atoms with van der Waals surface area (Å²) in [6, 6.07) is 9.71. The van der Waals surface area contributed by atoms with E-state index in [1.54, 1.807) is 0 Å². The lowest BCUT2D eigenvalue weighted by molar-refractivity contribution is 0.153. The maximum atomic E-state index is 13.4. The topological polar surface area (TPSA) is 55.8 Å². The lowest BCUT2D eigenvalue weighted by Gasteiger charge is -2.35. The van der Waals surface area contributed by atoms with Crippen LogP contribution in [0, 0.1) is 0 Å². The number of likely N-dealkylation sites (tertiary alicyclic amines) is 1. The Balaban J connectivity index is 1.50. The molecule has 0 aromatic heterocycles. The zero-order chi connectivity index (χ0) is 16.2. The predicted octanol–water partition coefficient (Wildman–Crippen LogP) is 1.77. The summed E-state index contributed by atoms with van der Waals surface area (Å²) in [7, 11) is 0. The van der Waals surface area contributed by atoms with Gasteiger partial charge in [-0.15, -0.1) is 0 Å². The number of carbonyl (C=O) groups excluding carboxylic acids is 1. The lowest BCUT2D eigenvalue weighted by atomic mass is 10.0. The molecule has 0 radical (unpaired) electrons. The van der Waals surface area contributed by atoms with E-state index >= 15 is 0 Å². The molecule has 0 bridgehead atoms. The maximum Gasteiger partial charge on any atom is 0.318 e. The molecular formula is C17H24FN3O2. The Morgan fingerprint density at radius 2 is 1.96 bits per heavy atom. The van der Waals surface area contributed by atoms with Crippen molar-refractivity contribution in [2.24, 2.45) is 0 Å². The van der Waals surface area contributed by atoms with Gasteiger partial charge in [0.25, 0.3) is 0 Å². The van der Waals surface area contributed by atoms with Gasteiger partial charge in [-0.1, -0.05) is 18.2 Å². The van der Waals surface area contributed by atoms with Gasteiger partial charge < -0.3 is 20.2 Å². The van der Waals surface area contributed by atoms with E-state index < -0.39 is 12.2 Å². The molecule has 1 aromatic rings. The first-order valence-corrected chi connectivity index (χ1v) is 8.29. The second kappa shape index (κ2) is 7.17. The highest BCUT2D eigenvalue weighted by molar-refractivity contribution is 5.75. The average Bonchev–Trinajstić information content (AvgIpc) is 2.97. The number of para-hydroxylation sites is 1. The zero-order valence-electron chi connectivity index (χ0n) is 13.2. The first-order valence-electron chi connectivity index (χ1n) is 8.29. The summed E-state index contributed by atoms with van der Waals surface area (Å²) in [4.78, 5) is 16.1. The fraction of sp³-hybridized carbons (Fsp3) is 0.588. The van der Waals surface area contributed by atoms with Crippen molar-refractivity contribution in [2.75, 3.05) is 31.1 Å². The van der Waals surface area contributed by atoms with Crippen LogP contribution in [0.2, 0.25) is 0 Å². The van der Waals surface area contributed by atoms with Gasteiger partial charge in [0, 0.05) is 31.2 Å². The van der Waals surface area contributed by atoms with Gasteiger partial charge in [0.15, 0.2) is 0 Å². The number of aliphatic hydroxyl groups is 1. The summed E-state index contributed by atoms with van der Waals surface area (Å²) >= 11 is 0. The second-order valence-electron chi connectivity index (χ2n) is 6.37. The number of amides is 2. The number of halogens is 1. The standard InChI is InChI=1S/C17H24FN3O2/c18-13-10-16(12-22)21(11-13)17(23)19-14-6-8-20(9-7-14)15-4-2-1-3-5-15/h1-5,13-14,16,22H,6-12H2,(H,19,23)/t13-,16-/m0/s1. The van der Waals surface area contributed by atoms with E-state index in [0.29, 0.717) is 0 Å². The monoisotopic (exact) mass is 321 g/mol. The zero-order valence-corrected chi connectivity index (χ0v) is 13.2. The van der Waals surface area contributed by atoms with Crippen molar-refractivity contribution in [1.29, 1.82) is 0 Å². The van der Waals surface area contributed by atoms with Gasteiger partial charge in [-0.05, 0) is 25.0 Å². The van der Waals surface area contributed by atoms with Crippen molar-refractivity contribution in [3.05, 3.63) is 30.3 Å². The molecule has 23 heavy (non-hydrogen) atoms. The van der Waals surface area contributed by atoms with Gasteiger partial charge >= 0.3 is 6.03 Å². The minimum Gasteiger partial charge on any atom is -0.394 e. The number of hydrogen-bond donors (Lipinski definition) is 2. The molecule has 0 aliphatic carbocycles. The number of anilines is 1. The van der Waals surface area contributed by atoms with Crippen molar-refractivity contribution in [3.63, 3.8) is 0 Å². The number of rotatable bonds is 3. The predicted molar refractivity (Wildman–Crippen MR) is 87.3 cm³/mol. The summed E-state index contributed by atoms with van der Waals surface area (Å²) in [5.74, 6) is 0. The molecule has 2 atom stereocenters. The summed E-state index contributed by atoms with van der Waals surface area (Å²) in [5.41, 5.74) is 1.21. The third kappa shape index (κ3) is 3.75. The third-order valence-corrected chi connectivity index (χ3v) is 4.78. The molecule has 0 spiro atoms. The molecule has 2 aliphatic rings. The van der Waals surface area contributed by atoms with E-state index in [-0.39, 0.29) is 31.6 Å². The number of piperidine rings is 1. The van der Waals surface area contributed by atoms with Crippen LogP contribution in [-0.4, -0.2) is 60.5 Å². The van der Waals surface area contributed by atoms with Crippen molar-refractivity contribution in [3.8, 4) is 0 Å². The van der Waals surface area contributed by atoms with E-state index in [1.807, 2.05) is 18.2 Å². The summed E-state index contributed by atoms with van der Waals surface area (Å²) in [5, 5.41) is 12.3. The molecule has 2 saturated heterocycles. The van der Waals surface area contributed by atoms with E-state index in [0.717, 1.165) is 25.9 Å². The fourth-order valence-corrected chi connectivity index (χ4v) is 3.46. The molecular weight excluding hydrogens is 297 g/mol. The van der Waals surface area contributed by atoms with Gasteiger partial charge in [-0.2, -0.15) is 0 Å². The van der Waals surface area contributed by atoms with Crippen LogP contribution in [0.15, 0.2) is 30.3 Å². The van der Waals surface area contributed by atoms with Crippen molar-refractivity contribution in [1.82, 2.24) is 10.2 Å². The molecule has 2 heterocycles. The highest BCUT2D eigenvalue weighted by Crippen LogP contribution is 2.22. The minimum absolute atomic E-state index is 0.0833. The highest BCUT2D eigenvalue weighted by atomic mass is 19.1. The molecule has 5 nitrogen and oxygen atoms in total. The second-order valence-corrected chi connectivity index (χ2v) is 6.37. The first kappa shape index (κ1) is 16.1. The maximum absolute atomic E-state index is 13.4. The van der Waals surface area contributed by atoms with Crippen molar-refractivity contribution in [2.45, 2.75) is 37.5 Å². The Labute approximate surface area is 136 Å². The van der Waals surface area contributed by atoms with Crippen LogP contribution >= 0.6 is 0 Å². The molecule has 6 heteroatoms. The normalized spacial score (nSPS) is 25.7. The van der Waals surface area contributed by atoms with Crippen molar-refractivity contribution >= 4 is 11.7 Å². The smallest absolute Gasteiger partial charge is 0.318 e. The summed E-state index contributed by atoms with van der Waals surface area (Å²) in [6.07, 6.45) is 0.947. The SMILES string of the molecule is O=C(NC1CCN(c2ccccc2)CC1)N1C[C@@H](F)C[C@H]1CO. The molecule has 2 aliphatic heterocycles. The van der Waals surface area contributed by atoms with Crippen LogP contribution in [0.5, 0.6) is 0 Å².